The molecule has 34 heavy (non-hydrogen) atoms. The Kier molecular flexibility index (Phi) is 4.98. The summed E-state index contributed by atoms with van der Waals surface area (Å²) in [6.45, 7) is 0. The van der Waals surface area contributed by atoms with Crippen molar-refractivity contribution in [1.29, 1.82) is 0 Å². The van der Waals surface area contributed by atoms with Crippen molar-refractivity contribution in [3.63, 3.8) is 0 Å². The summed E-state index contributed by atoms with van der Waals surface area (Å²) in [5, 5.41) is 33.7. The molecule has 0 aliphatic heterocycles. The minimum absolute atomic E-state index is 0.0152. The van der Waals surface area contributed by atoms with Crippen molar-refractivity contribution in [3.8, 4) is 5.75 Å². The van der Waals surface area contributed by atoms with Gasteiger partial charge in [-0.1, -0.05) is 48.5 Å². The van der Waals surface area contributed by atoms with E-state index in [1.807, 2.05) is 0 Å². The number of hydrogen-bond donors (Lipinski definition) is 2. The van der Waals surface area contributed by atoms with E-state index in [9.17, 15) is 29.9 Å². The first-order valence-corrected chi connectivity index (χ1v) is 10.4. The number of aromatic hydroxyl groups is 1. The van der Waals surface area contributed by atoms with Gasteiger partial charge in [-0.3, -0.25) is 14.9 Å². The first-order valence-electron chi connectivity index (χ1n) is 10.4. The molecular weight excluding hydrogens is 438 g/mol. The van der Waals surface area contributed by atoms with Crippen LogP contribution in [0.5, 0.6) is 5.75 Å². The summed E-state index contributed by atoms with van der Waals surface area (Å²) in [7, 11) is 0. The SMILES string of the molecule is O=C1Cc2ccccc2C(O)=C1C(c1ccc([N+](=O)[O-])cc1)c1c(O)c2ccccc2oc1=O. The standard InChI is InChI=1S/C26H17NO7/c28-19-13-15-5-1-2-6-17(15)24(29)22(19)21(14-9-11-16(12-10-14)27(32)33)23-25(30)18-7-3-4-8-20(18)34-26(23)31/h1-12,21,29-30H,13H2. The Bertz CT molecular complexity index is 1560. The van der Waals surface area contributed by atoms with Crippen LogP contribution in [0.1, 0.15) is 28.2 Å². The van der Waals surface area contributed by atoms with E-state index in [-0.39, 0.29) is 45.7 Å². The van der Waals surface area contributed by atoms with Gasteiger partial charge in [0.1, 0.15) is 17.1 Å². The van der Waals surface area contributed by atoms with Gasteiger partial charge in [0.25, 0.3) is 5.69 Å². The highest BCUT2D eigenvalue weighted by Gasteiger charge is 2.37. The maximum Gasteiger partial charge on any atom is 0.344 e. The number of nitrogens with zero attached hydrogens (tertiary/aromatic N) is 1. The molecule has 1 heterocycles. The lowest BCUT2D eigenvalue weighted by Gasteiger charge is -2.26. The number of benzene rings is 3. The molecule has 0 bridgehead atoms. The van der Waals surface area contributed by atoms with Gasteiger partial charge in [0.15, 0.2) is 5.78 Å². The number of carbonyl (C=O) groups is 1. The highest BCUT2D eigenvalue weighted by molar-refractivity contribution is 6.07. The first-order chi connectivity index (χ1) is 16.4. The highest BCUT2D eigenvalue weighted by Crippen LogP contribution is 2.43. The molecular formula is C26H17NO7. The average molecular weight is 455 g/mol. The van der Waals surface area contributed by atoms with Gasteiger partial charge in [-0.05, 0) is 23.3 Å². The van der Waals surface area contributed by atoms with Crippen LogP contribution < -0.4 is 5.63 Å². The van der Waals surface area contributed by atoms with Gasteiger partial charge in [0.2, 0.25) is 0 Å². The van der Waals surface area contributed by atoms with E-state index in [0.717, 1.165) is 0 Å². The second-order valence-corrected chi connectivity index (χ2v) is 7.95. The smallest absolute Gasteiger partial charge is 0.344 e. The van der Waals surface area contributed by atoms with Crippen molar-refractivity contribution in [2.24, 2.45) is 0 Å². The predicted molar refractivity (Wildman–Crippen MR) is 124 cm³/mol. The fourth-order valence-electron chi connectivity index (χ4n) is 4.42. The molecule has 0 spiro atoms. The zero-order chi connectivity index (χ0) is 24.0. The average Bonchev–Trinajstić information content (AvgIpc) is 2.83. The van der Waals surface area contributed by atoms with Gasteiger partial charge in [0.05, 0.1) is 27.4 Å². The summed E-state index contributed by atoms with van der Waals surface area (Å²) < 4.78 is 5.43. The topological polar surface area (TPSA) is 131 Å². The number of nitro benzene ring substituents is 1. The second-order valence-electron chi connectivity index (χ2n) is 7.95. The summed E-state index contributed by atoms with van der Waals surface area (Å²) in [6, 6.07) is 18.5. The number of aliphatic hydroxyl groups excluding tert-OH is 1. The van der Waals surface area contributed by atoms with Crippen LogP contribution in [0.15, 0.2) is 87.6 Å². The maximum absolute atomic E-state index is 13.3. The van der Waals surface area contributed by atoms with E-state index < -0.39 is 22.3 Å². The van der Waals surface area contributed by atoms with Crippen molar-refractivity contribution in [2.45, 2.75) is 12.3 Å². The number of carbonyl (C=O) groups excluding carboxylic acids is 1. The maximum atomic E-state index is 13.3. The summed E-state index contributed by atoms with van der Waals surface area (Å²) in [5.41, 5.74) is 0.140. The van der Waals surface area contributed by atoms with Crippen LogP contribution in [0.4, 0.5) is 5.69 Å². The van der Waals surface area contributed by atoms with Gasteiger partial charge in [-0.2, -0.15) is 0 Å². The Morgan fingerprint density at radius 2 is 1.59 bits per heavy atom. The first kappa shape index (κ1) is 21.1. The van der Waals surface area contributed by atoms with Crippen LogP contribution in [-0.4, -0.2) is 20.9 Å². The zero-order valence-corrected chi connectivity index (χ0v) is 17.6. The molecule has 8 nitrogen and oxygen atoms in total. The lowest BCUT2D eigenvalue weighted by Crippen LogP contribution is -2.25. The molecule has 4 aromatic rings. The lowest BCUT2D eigenvalue weighted by molar-refractivity contribution is -0.384. The Morgan fingerprint density at radius 1 is 0.912 bits per heavy atom. The van der Waals surface area contributed by atoms with Crippen LogP contribution in [0, 0.1) is 10.1 Å². The number of allylic oxidation sites excluding steroid dienone is 1. The van der Waals surface area contributed by atoms with Crippen LogP contribution >= 0.6 is 0 Å². The number of Topliss-reactive ketones (excluding diaryl/α,β-unsaturated/α-hetero) is 1. The molecule has 168 valence electrons. The zero-order valence-electron chi connectivity index (χ0n) is 17.6. The minimum atomic E-state index is -1.22. The molecule has 1 aromatic heterocycles. The van der Waals surface area contributed by atoms with Gasteiger partial charge in [-0.15, -0.1) is 0 Å². The fourth-order valence-corrected chi connectivity index (χ4v) is 4.42. The third-order valence-corrected chi connectivity index (χ3v) is 6.01. The number of hydrogen-bond acceptors (Lipinski definition) is 7. The summed E-state index contributed by atoms with van der Waals surface area (Å²) in [4.78, 5) is 36.9. The van der Waals surface area contributed by atoms with Gasteiger partial charge >= 0.3 is 5.63 Å². The molecule has 3 aromatic carbocycles. The summed E-state index contributed by atoms with van der Waals surface area (Å²) in [6.07, 6.45) is -0.0152. The van der Waals surface area contributed by atoms with Crippen LogP contribution in [0.25, 0.3) is 16.7 Å². The molecule has 8 heteroatoms. The minimum Gasteiger partial charge on any atom is -0.507 e. The van der Waals surface area contributed by atoms with Crippen molar-refractivity contribution in [2.75, 3.05) is 0 Å². The third kappa shape index (κ3) is 3.32. The Morgan fingerprint density at radius 3 is 2.32 bits per heavy atom. The number of non-ortho nitro benzene ring substituents is 1. The van der Waals surface area contributed by atoms with Crippen LogP contribution in [-0.2, 0) is 11.2 Å². The largest absolute Gasteiger partial charge is 0.507 e. The number of para-hydroxylation sites is 1. The third-order valence-electron chi connectivity index (χ3n) is 6.01. The Balaban J connectivity index is 1.83. The Labute approximate surface area is 192 Å². The van der Waals surface area contributed by atoms with Crippen molar-refractivity contribution >= 4 is 28.2 Å². The van der Waals surface area contributed by atoms with Crippen molar-refractivity contribution in [1.82, 2.24) is 0 Å². The molecule has 0 fully saturated rings. The molecule has 1 aliphatic rings. The fraction of sp³-hybridized carbons (Fsp3) is 0.0769. The molecule has 0 radical (unpaired) electrons. The van der Waals surface area contributed by atoms with Crippen molar-refractivity contribution < 1.29 is 24.3 Å². The summed E-state index contributed by atoms with van der Waals surface area (Å²) >= 11 is 0. The monoisotopic (exact) mass is 455 g/mol. The molecule has 0 saturated heterocycles. The Hall–Kier alpha value is -4.72. The van der Waals surface area contributed by atoms with Crippen molar-refractivity contribution in [3.05, 3.63) is 121 Å². The molecule has 0 saturated carbocycles. The normalized spacial score (nSPS) is 14.2. The van der Waals surface area contributed by atoms with Crippen LogP contribution in [0.3, 0.4) is 0 Å². The number of fused-ring (bicyclic) bond motifs is 2. The predicted octanol–water partition coefficient (Wildman–Crippen LogP) is 4.63. The number of aliphatic hydroxyl groups is 1. The molecule has 1 atom stereocenters. The van der Waals surface area contributed by atoms with E-state index >= 15 is 0 Å². The van der Waals surface area contributed by atoms with Gasteiger partial charge < -0.3 is 14.6 Å². The summed E-state index contributed by atoms with van der Waals surface area (Å²) in [5.74, 6) is -2.36. The molecule has 5 rings (SSSR count). The van der Waals surface area contributed by atoms with E-state index in [1.165, 1.54) is 30.3 Å². The number of rotatable bonds is 4. The highest BCUT2D eigenvalue weighted by atomic mass is 16.6. The van der Waals surface area contributed by atoms with E-state index in [2.05, 4.69) is 0 Å². The molecule has 2 N–H and O–H groups in total. The number of ketones is 1. The quantitative estimate of drug-likeness (QED) is 0.260. The lowest BCUT2D eigenvalue weighted by atomic mass is 9.77. The van der Waals surface area contributed by atoms with Gasteiger partial charge in [0, 0.05) is 24.1 Å². The van der Waals surface area contributed by atoms with E-state index in [0.29, 0.717) is 16.7 Å². The van der Waals surface area contributed by atoms with E-state index in [1.54, 1.807) is 42.5 Å². The molecule has 1 aliphatic carbocycles. The second kappa shape index (κ2) is 8.00. The van der Waals surface area contributed by atoms with Crippen LogP contribution in [0.2, 0.25) is 0 Å². The molecule has 1 unspecified atom stereocenters. The van der Waals surface area contributed by atoms with E-state index in [4.69, 9.17) is 4.42 Å². The number of nitro groups is 1. The molecule has 0 amide bonds. The van der Waals surface area contributed by atoms with Gasteiger partial charge in [-0.25, -0.2) is 4.79 Å².